The van der Waals surface area contributed by atoms with Crippen molar-refractivity contribution >= 4 is 49.5 Å². The molecule has 2 unspecified atom stereocenters. The summed E-state index contributed by atoms with van der Waals surface area (Å²) in [4.78, 5) is 118. The van der Waals surface area contributed by atoms with Crippen molar-refractivity contribution in [3.63, 3.8) is 0 Å². The fourth-order valence-corrected chi connectivity index (χ4v) is 14.1. The number of ether oxygens (including phenoxy) is 6. The van der Waals surface area contributed by atoms with Crippen LogP contribution < -0.4 is 10.6 Å². The molecule has 0 radical (unpaired) electrons. The molecule has 1 rings (SSSR count). The van der Waals surface area contributed by atoms with Gasteiger partial charge in [-0.05, 0) is 57.8 Å². The van der Waals surface area contributed by atoms with Gasteiger partial charge in [-0.15, -0.1) is 0 Å². The lowest BCUT2D eigenvalue weighted by molar-refractivity contribution is -0.272. The lowest BCUT2D eigenvalue weighted by Gasteiger charge is -2.45. The predicted molar refractivity (Wildman–Crippen MR) is 407 cm³/mol. The highest BCUT2D eigenvalue weighted by Crippen LogP contribution is 2.42. The second-order valence-electron chi connectivity index (χ2n) is 29.5. The number of carbonyl (C=O) groups excluding carboxylic acids is 6. The molecule has 1 aliphatic heterocycles. The molecule has 0 aromatic heterocycles. The summed E-state index contributed by atoms with van der Waals surface area (Å²) in [6.07, 6.45) is 38.1. The molecule has 9 atom stereocenters. The standard InChI is InChI=1S/C81H151N2O19P/c1-7-13-19-25-31-34-40-43-49-55-66(97-73(87)58-52-46-37-28-22-16-10-4)61-71(85)82-69(80(91)92)65-96-81-77(83-72(86)62-67(56-50-44-41-35-32-26-20-14-8-2)98-74(88)59-53-47-38-29-23-17-11-5)79(78(70(64-84)100-81)102-103(93,94)95)101-76(90)63-68(57-51-45-42-36-33-27-21-15-9-3)99-75(89)60-54-48-39-30-24-18-12-6/h66-70,77-79,81,84H,7-65H2,1-6H3,(H,82,85)(H,83,86)(H,91,92)(H2,93,94,95)/t66-,67-,68-,69-,70?,77+,78-,79-,81?/m1/s1. The van der Waals surface area contributed by atoms with Crippen LogP contribution in [-0.2, 0) is 71.1 Å². The van der Waals surface area contributed by atoms with Gasteiger partial charge < -0.3 is 59.1 Å². The van der Waals surface area contributed by atoms with Gasteiger partial charge in [-0.2, -0.15) is 0 Å². The summed E-state index contributed by atoms with van der Waals surface area (Å²) in [5, 5.41) is 26.9. The van der Waals surface area contributed by atoms with E-state index in [0.717, 1.165) is 225 Å². The number of unbranched alkanes of at least 4 members (excludes halogenated alkanes) is 42. The average Bonchev–Trinajstić information content (AvgIpc) is 0.780. The molecule has 2 amide bonds. The predicted octanol–water partition coefficient (Wildman–Crippen LogP) is 19.3. The Morgan fingerprint density at radius 1 is 0.398 bits per heavy atom. The smallest absolute Gasteiger partial charge is 0.470 e. The first-order valence-corrected chi connectivity index (χ1v) is 43.6. The summed E-state index contributed by atoms with van der Waals surface area (Å²) in [5.74, 6) is -5.54. The third-order valence-corrected chi connectivity index (χ3v) is 20.2. The van der Waals surface area contributed by atoms with Gasteiger partial charge >= 0.3 is 37.7 Å². The number of aliphatic hydroxyl groups is 1. The maximum Gasteiger partial charge on any atom is 0.470 e. The number of esters is 4. The molecule has 0 aliphatic carbocycles. The first kappa shape index (κ1) is 97.3. The summed E-state index contributed by atoms with van der Waals surface area (Å²) >= 11 is 0. The van der Waals surface area contributed by atoms with E-state index in [4.69, 9.17) is 32.9 Å². The van der Waals surface area contributed by atoms with Gasteiger partial charge in [-0.1, -0.05) is 311 Å². The monoisotopic (exact) mass is 1490 g/mol. The first-order chi connectivity index (χ1) is 49.8. The number of amides is 2. The molecule has 1 saturated heterocycles. The zero-order chi connectivity index (χ0) is 75.8. The van der Waals surface area contributed by atoms with E-state index in [2.05, 4.69) is 52.2 Å². The molecule has 1 heterocycles. The largest absolute Gasteiger partial charge is 0.480 e. The fourth-order valence-electron chi connectivity index (χ4n) is 13.5. The Labute approximate surface area is 624 Å². The Bertz CT molecular complexity index is 2170. The van der Waals surface area contributed by atoms with Gasteiger partial charge in [-0.25, -0.2) is 9.36 Å². The van der Waals surface area contributed by atoms with E-state index in [1.54, 1.807) is 0 Å². The molecule has 0 aromatic carbocycles. The number of hydrogen-bond donors (Lipinski definition) is 6. The molecule has 1 fully saturated rings. The number of carboxylic acids is 1. The van der Waals surface area contributed by atoms with Crippen molar-refractivity contribution in [1.29, 1.82) is 0 Å². The SMILES string of the molecule is CCCCCCCCCCC[C@H](CC(=O)N[C@@H]1C(OC[C@@H](NC(=O)C[C@@H](CCCCCCCCCCC)OC(=O)CCCCCCCCC)C(=O)O)OC(CO)[C@@H](OP(=O)(O)O)[C@@H]1OC(=O)C[C@@H](CCCCCCCCCCC)OC(=O)CCCCCCCCC)OC(=O)CCCCCCCCC. The van der Waals surface area contributed by atoms with E-state index in [0.29, 0.717) is 51.4 Å². The molecule has 0 spiro atoms. The van der Waals surface area contributed by atoms with Crippen LogP contribution in [0.15, 0.2) is 0 Å². The summed E-state index contributed by atoms with van der Waals surface area (Å²) in [6, 6.07) is -3.60. The minimum Gasteiger partial charge on any atom is -0.480 e. The van der Waals surface area contributed by atoms with E-state index in [1.807, 2.05) is 0 Å². The van der Waals surface area contributed by atoms with E-state index in [9.17, 15) is 58.1 Å². The van der Waals surface area contributed by atoms with Crippen LogP contribution in [0.3, 0.4) is 0 Å². The van der Waals surface area contributed by atoms with Crippen LogP contribution in [0, 0.1) is 0 Å². The minimum absolute atomic E-state index is 0.125. The van der Waals surface area contributed by atoms with Gasteiger partial charge in [0.2, 0.25) is 11.8 Å². The van der Waals surface area contributed by atoms with Crippen molar-refractivity contribution in [2.45, 2.75) is 463 Å². The van der Waals surface area contributed by atoms with Crippen LogP contribution in [-0.4, -0.2) is 130 Å². The summed E-state index contributed by atoms with van der Waals surface area (Å²) in [5.41, 5.74) is 0. The molecule has 0 bridgehead atoms. The Morgan fingerprint density at radius 3 is 1.01 bits per heavy atom. The lowest BCUT2D eigenvalue weighted by Crippen LogP contribution is -2.66. The van der Waals surface area contributed by atoms with Gasteiger partial charge in [0.1, 0.15) is 36.6 Å². The van der Waals surface area contributed by atoms with Gasteiger partial charge in [-0.3, -0.25) is 33.3 Å². The van der Waals surface area contributed by atoms with E-state index < -0.39 is 131 Å². The molecule has 22 heteroatoms. The normalized spacial score (nSPS) is 17.3. The second-order valence-corrected chi connectivity index (χ2v) is 30.7. The van der Waals surface area contributed by atoms with Crippen molar-refractivity contribution in [3.05, 3.63) is 0 Å². The number of carbonyl (C=O) groups is 7. The molecule has 21 nitrogen and oxygen atoms in total. The van der Waals surface area contributed by atoms with E-state index in [-0.39, 0.29) is 32.1 Å². The molecule has 0 saturated carbocycles. The number of rotatable bonds is 73. The minimum atomic E-state index is -5.56. The Hall–Kier alpha value is -3.72. The van der Waals surface area contributed by atoms with Gasteiger partial charge in [0.05, 0.1) is 32.5 Å². The maximum absolute atomic E-state index is 14.8. The molecule has 6 N–H and O–H groups in total. The third kappa shape index (κ3) is 55.4. The van der Waals surface area contributed by atoms with Crippen molar-refractivity contribution < 1.29 is 91.1 Å². The van der Waals surface area contributed by atoms with Crippen LogP contribution in [0.1, 0.15) is 408 Å². The number of phosphoric ester groups is 1. The molecule has 1 aliphatic rings. The number of aliphatic hydroxyl groups excluding tert-OH is 1. The van der Waals surface area contributed by atoms with Crippen LogP contribution in [0.4, 0.5) is 0 Å². The highest BCUT2D eigenvalue weighted by molar-refractivity contribution is 7.46. The van der Waals surface area contributed by atoms with Crippen molar-refractivity contribution in [2.75, 3.05) is 13.2 Å². The highest BCUT2D eigenvalue weighted by Gasteiger charge is 2.52. The van der Waals surface area contributed by atoms with Crippen LogP contribution in [0.25, 0.3) is 0 Å². The van der Waals surface area contributed by atoms with Gasteiger partial charge in [0, 0.05) is 19.3 Å². The van der Waals surface area contributed by atoms with E-state index >= 15 is 0 Å². The molecular formula is C81H151N2O19P. The zero-order valence-corrected chi connectivity index (χ0v) is 66.7. The van der Waals surface area contributed by atoms with E-state index in [1.165, 1.54) is 44.9 Å². The Morgan fingerprint density at radius 2 is 0.699 bits per heavy atom. The topological polar surface area (TPSA) is 306 Å². The zero-order valence-electron chi connectivity index (χ0n) is 65.8. The summed E-state index contributed by atoms with van der Waals surface area (Å²) in [7, 11) is -5.56. The third-order valence-electron chi connectivity index (χ3n) is 19.7. The number of aliphatic carboxylic acids is 1. The number of nitrogens with one attached hydrogen (secondary N) is 2. The van der Waals surface area contributed by atoms with Crippen LogP contribution in [0.2, 0.25) is 0 Å². The van der Waals surface area contributed by atoms with Gasteiger partial charge in [0.25, 0.3) is 0 Å². The average molecular weight is 1490 g/mol. The fraction of sp³-hybridized carbons (Fsp3) is 0.914. The van der Waals surface area contributed by atoms with Crippen molar-refractivity contribution in [2.24, 2.45) is 0 Å². The highest BCUT2D eigenvalue weighted by atomic mass is 31.2. The molecule has 103 heavy (non-hydrogen) atoms. The van der Waals surface area contributed by atoms with Gasteiger partial charge in [0.15, 0.2) is 18.4 Å². The lowest BCUT2D eigenvalue weighted by atomic mass is 9.95. The number of carboxylic acid groups (broad SMARTS) is 1. The first-order valence-electron chi connectivity index (χ1n) is 42.1. The van der Waals surface area contributed by atoms with Crippen molar-refractivity contribution in [3.8, 4) is 0 Å². The Balaban J connectivity index is 3.85. The van der Waals surface area contributed by atoms with Crippen molar-refractivity contribution in [1.82, 2.24) is 10.6 Å². The molecular weight excluding hydrogens is 1340 g/mol. The molecule has 0 aromatic rings. The van der Waals surface area contributed by atoms with Crippen LogP contribution >= 0.6 is 7.82 Å². The molecule has 604 valence electrons. The van der Waals surface area contributed by atoms with Crippen LogP contribution in [0.5, 0.6) is 0 Å². The number of phosphoric acid groups is 1. The summed E-state index contributed by atoms with van der Waals surface area (Å²) < 4.78 is 54.9. The summed E-state index contributed by atoms with van der Waals surface area (Å²) in [6.45, 7) is 11.1. The quantitative estimate of drug-likeness (QED) is 0.0143. The Kier molecular flexibility index (Phi) is 62.8. The number of hydrogen-bond acceptors (Lipinski definition) is 16. The second kappa shape index (κ2) is 66.5. The maximum atomic E-state index is 14.8.